The third kappa shape index (κ3) is 3.67. The highest BCUT2D eigenvalue weighted by Gasteiger charge is 2.34. The van der Waals surface area contributed by atoms with Gasteiger partial charge in [0.15, 0.2) is 0 Å². The topological polar surface area (TPSA) is 38.5 Å². The number of ether oxygens (including phenoxy) is 1. The van der Waals surface area contributed by atoms with Crippen molar-refractivity contribution in [3.63, 3.8) is 0 Å². The van der Waals surface area contributed by atoms with Crippen molar-refractivity contribution in [2.45, 2.75) is 50.5 Å². The molecular formula is C14H28N2O. The van der Waals surface area contributed by atoms with Crippen LogP contribution >= 0.6 is 0 Å². The Bertz CT molecular complexity index is 222. The molecule has 17 heavy (non-hydrogen) atoms. The van der Waals surface area contributed by atoms with Crippen LogP contribution in [0.3, 0.4) is 0 Å². The summed E-state index contributed by atoms with van der Waals surface area (Å²) in [5.41, 5.74) is 6.28. The van der Waals surface area contributed by atoms with E-state index in [4.69, 9.17) is 10.5 Å². The number of likely N-dealkylation sites (N-methyl/N-ethyl adjacent to an activating group) is 1. The van der Waals surface area contributed by atoms with E-state index in [0.717, 1.165) is 32.2 Å². The van der Waals surface area contributed by atoms with Crippen molar-refractivity contribution in [2.75, 3.05) is 33.4 Å². The highest BCUT2D eigenvalue weighted by molar-refractivity contribution is 4.92. The molecule has 100 valence electrons. The van der Waals surface area contributed by atoms with Crippen molar-refractivity contribution >= 4 is 0 Å². The summed E-state index contributed by atoms with van der Waals surface area (Å²) >= 11 is 0. The average molecular weight is 240 g/mol. The van der Waals surface area contributed by atoms with E-state index < -0.39 is 0 Å². The summed E-state index contributed by atoms with van der Waals surface area (Å²) in [6.45, 7) is 3.67. The molecule has 0 heterocycles. The van der Waals surface area contributed by atoms with Crippen LogP contribution in [0.4, 0.5) is 0 Å². The fraction of sp³-hybridized carbons (Fsp3) is 1.00. The highest BCUT2D eigenvalue weighted by atomic mass is 16.5. The van der Waals surface area contributed by atoms with Crippen LogP contribution in [0.25, 0.3) is 0 Å². The summed E-state index contributed by atoms with van der Waals surface area (Å²) in [7, 11) is 2.22. The van der Waals surface area contributed by atoms with Gasteiger partial charge in [0.2, 0.25) is 0 Å². The molecule has 0 radical (unpaired) electrons. The zero-order valence-electron chi connectivity index (χ0n) is 11.3. The Kier molecular flexibility index (Phi) is 4.83. The third-order valence-corrected chi connectivity index (χ3v) is 4.60. The summed E-state index contributed by atoms with van der Waals surface area (Å²) in [5.74, 6) is 0.874. The SMILES string of the molecule is CN(CCOCC1CC1)C1(CN)CCCCC1. The molecule has 0 spiro atoms. The molecule has 2 rings (SSSR count). The first kappa shape index (κ1) is 13.3. The molecule has 0 unspecified atom stereocenters. The summed E-state index contributed by atoms with van der Waals surface area (Å²) in [4.78, 5) is 2.46. The summed E-state index contributed by atoms with van der Waals surface area (Å²) in [6.07, 6.45) is 9.35. The number of hydrogen-bond acceptors (Lipinski definition) is 3. The Morgan fingerprint density at radius 3 is 2.53 bits per heavy atom. The third-order valence-electron chi connectivity index (χ3n) is 4.60. The van der Waals surface area contributed by atoms with Crippen LogP contribution in [-0.2, 0) is 4.74 Å². The first-order valence-corrected chi connectivity index (χ1v) is 7.26. The minimum Gasteiger partial charge on any atom is -0.380 e. The van der Waals surface area contributed by atoms with Gasteiger partial charge in [-0.15, -0.1) is 0 Å². The zero-order chi connectivity index (χ0) is 12.1. The molecule has 0 aromatic heterocycles. The first-order valence-electron chi connectivity index (χ1n) is 7.26. The van der Waals surface area contributed by atoms with E-state index in [1.54, 1.807) is 0 Å². The van der Waals surface area contributed by atoms with Gasteiger partial charge in [0.1, 0.15) is 0 Å². The molecule has 2 aliphatic rings. The van der Waals surface area contributed by atoms with Crippen LogP contribution in [0, 0.1) is 5.92 Å². The fourth-order valence-electron chi connectivity index (χ4n) is 2.92. The second kappa shape index (κ2) is 6.17. The van der Waals surface area contributed by atoms with Crippen molar-refractivity contribution in [2.24, 2.45) is 11.7 Å². The minimum absolute atomic E-state index is 0.265. The molecule has 3 nitrogen and oxygen atoms in total. The summed E-state index contributed by atoms with van der Waals surface area (Å²) in [6, 6.07) is 0. The molecule has 2 fully saturated rings. The van der Waals surface area contributed by atoms with Gasteiger partial charge >= 0.3 is 0 Å². The predicted molar refractivity (Wildman–Crippen MR) is 71.0 cm³/mol. The van der Waals surface area contributed by atoms with E-state index >= 15 is 0 Å². The maximum atomic E-state index is 6.02. The maximum Gasteiger partial charge on any atom is 0.0593 e. The van der Waals surface area contributed by atoms with Gasteiger partial charge in [-0.25, -0.2) is 0 Å². The van der Waals surface area contributed by atoms with Gasteiger partial charge in [-0.1, -0.05) is 19.3 Å². The van der Waals surface area contributed by atoms with E-state index in [1.165, 1.54) is 44.9 Å². The van der Waals surface area contributed by atoms with Gasteiger partial charge < -0.3 is 10.5 Å². The van der Waals surface area contributed by atoms with Crippen molar-refractivity contribution < 1.29 is 4.74 Å². The lowest BCUT2D eigenvalue weighted by molar-refractivity contribution is 0.0395. The van der Waals surface area contributed by atoms with Crippen molar-refractivity contribution in [3.05, 3.63) is 0 Å². The largest absolute Gasteiger partial charge is 0.380 e. The van der Waals surface area contributed by atoms with Crippen LogP contribution in [0.5, 0.6) is 0 Å². The van der Waals surface area contributed by atoms with Crippen LogP contribution in [0.1, 0.15) is 44.9 Å². The van der Waals surface area contributed by atoms with Crippen LogP contribution in [0.15, 0.2) is 0 Å². The Hall–Kier alpha value is -0.120. The van der Waals surface area contributed by atoms with E-state index in [9.17, 15) is 0 Å². The lowest BCUT2D eigenvalue weighted by Crippen LogP contribution is -2.54. The highest BCUT2D eigenvalue weighted by Crippen LogP contribution is 2.32. The Morgan fingerprint density at radius 1 is 1.24 bits per heavy atom. The van der Waals surface area contributed by atoms with Gasteiger partial charge in [0.05, 0.1) is 6.61 Å². The molecule has 2 N–H and O–H groups in total. The molecule has 0 saturated heterocycles. The Labute approximate surface area is 106 Å². The lowest BCUT2D eigenvalue weighted by Gasteiger charge is -2.44. The molecule has 0 bridgehead atoms. The zero-order valence-corrected chi connectivity index (χ0v) is 11.3. The second-order valence-corrected chi connectivity index (χ2v) is 5.93. The van der Waals surface area contributed by atoms with E-state index in [-0.39, 0.29) is 5.54 Å². The van der Waals surface area contributed by atoms with Crippen LogP contribution < -0.4 is 5.73 Å². The number of rotatable bonds is 7. The minimum atomic E-state index is 0.265. The molecule has 2 aliphatic carbocycles. The molecule has 0 aromatic carbocycles. The van der Waals surface area contributed by atoms with Crippen molar-refractivity contribution in [1.29, 1.82) is 0 Å². The molecule has 0 aliphatic heterocycles. The van der Waals surface area contributed by atoms with Gasteiger partial charge in [-0.05, 0) is 38.6 Å². The van der Waals surface area contributed by atoms with E-state index in [0.29, 0.717) is 0 Å². The molecule has 0 aromatic rings. The van der Waals surface area contributed by atoms with E-state index in [2.05, 4.69) is 11.9 Å². The summed E-state index contributed by atoms with van der Waals surface area (Å²) in [5, 5.41) is 0. The van der Waals surface area contributed by atoms with Crippen LogP contribution in [0.2, 0.25) is 0 Å². The van der Waals surface area contributed by atoms with Gasteiger partial charge in [-0.2, -0.15) is 0 Å². The van der Waals surface area contributed by atoms with Crippen LogP contribution in [-0.4, -0.2) is 43.8 Å². The number of nitrogens with two attached hydrogens (primary N) is 1. The fourth-order valence-corrected chi connectivity index (χ4v) is 2.92. The molecule has 3 heteroatoms. The normalized spacial score (nSPS) is 24.2. The predicted octanol–water partition coefficient (Wildman–Crippen LogP) is 2.01. The maximum absolute atomic E-state index is 6.02. The van der Waals surface area contributed by atoms with Crippen molar-refractivity contribution in [3.8, 4) is 0 Å². The lowest BCUT2D eigenvalue weighted by atomic mass is 9.80. The smallest absolute Gasteiger partial charge is 0.0593 e. The Balaban J connectivity index is 1.69. The molecular weight excluding hydrogens is 212 g/mol. The monoisotopic (exact) mass is 240 g/mol. The second-order valence-electron chi connectivity index (χ2n) is 5.93. The summed E-state index contributed by atoms with van der Waals surface area (Å²) < 4.78 is 5.73. The average Bonchev–Trinajstić information content (AvgIpc) is 3.19. The molecule has 0 atom stereocenters. The van der Waals surface area contributed by atoms with Gasteiger partial charge in [0.25, 0.3) is 0 Å². The molecule has 2 saturated carbocycles. The number of hydrogen-bond donors (Lipinski definition) is 1. The van der Waals surface area contributed by atoms with Crippen molar-refractivity contribution in [1.82, 2.24) is 4.90 Å². The number of nitrogens with zero attached hydrogens (tertiary/aromatic N) is 1. The van der Waals surface area contributed by atoms with E-state index in [1.807, 2.05) is 0 Å². The standard InChI is InChI=1S/C14H28N2O/c1-16(9-10-17-11-13-5-6-13)14(12-15)7-3-2-4-8-14/h13H,2-12,15H2,1H3. The van der Waals surface area contributed by atoms with Gasteiger partial charge in [-0.3, -0.25) is 4.90 Å². The van der Waals surface area contributed by atoms with Gasteiger partial charge in [0, 0.05) is 25.2 Å². The first-order chi connectivity index (χ1) is 8.27. The Morgan fingerprint density at radius 2 is 1.94 bits per heavy atom. The quantitative estimate of drug-likeness (QED) is 0.692. The molecule has 0 amide bonds.